The van der Waals surface area contributed by atoms with Crippen LogP contribution < -0.4 is 9.47 Å². The topological polar surface area (TPSA) is 61.3 Å². The molecule has 0 N–H and O–H groups in total. The lowest BCUT2D eigenvalue weighted by atomic mass is 9.84. The van der Waals surface area contributed by atoms with Gasteiger partial charge in [-0.2, -0.15) is 0 Å². The highest BCUT2D eigenvalue weighted by molar-refractivity contribution is 6.02. The summed E-state index contributed by atoms with van der Waals surface area (Å²) in [5.74, 6) is 1.23. The minimum Gasteiger partial charge on any atom is -0.486 e. The molecule has 0 amide bonds. The van der Waals surface area contributed by atoms with Crippen molar-refractivity contribution in [3.63, 3.8) is 0 Å². The number of aromatic nitrogens is 2. The molecule has 2 atom stereocenters. The fraction of sp³-hybridized carbons (Fsp3) is 0.192. The van der Waals surface area contributed by atoms with Gasteiger partial charge in [-0.25, -0.2) is 4.98 Å². The van der Waals surface area contributed by atoms with Crippen molar-refractivity contribution in [3.05, 3.63) is 95.9 Å². The molecule has 1 aliphatic carbocycles. The molecular weight excluding hydrogens is 388 g/mol. The largest absolute Gasteiger partial charge is 0.486 e. The zero-order valence-corrected chi connectivity index (χ0v) is 17.2. The molecule has 2 unspecified atom stereocenters. The standard InChI is InChI=1S/C26H22N2O3/c1-17-13-24-22(25(29)26(17)31-20-8-3-2-4-9-20)14-21(15-27-24)30-16-19-12-11-18-7-5-6-10-23(18)28-19/h2-12,14-15,17,26H,13,16H2,1H3. The number of hydrogen-bond donors (Lipinski definition) is 0. The van der Waals surface area contributed by atoms with Gasteiger partial charge in [0.1, 0.15) is 18.1 Å². The van der Waals surface area contributed by atoms with E-state index in [2.05, 4.69) is 9.97 Å². The number of nitrogens with zero attached hydrogens (tertiary/aromatic N) is 2. The third kappa shape index (κ3) is 3.99. The number of pyridine rings is 2. The van der Waals surface area contributed by atoms with Crippen LogP contribution >= 0.6 is 0 Å². The van der Waals surface area contributed by atoms with Crippen molar-refractivity contribution in [1.82, 2.24) is 9.97 Å². The monoisotopic (exact) mass is 410 g/mol. The normalized spacial score (nSPS) is 17.9. The van der Waals surface area contributed by atoms with E-state index in [0.29, 0.717) is 30.1 Å². The Morgan fingerprint density at radius 3 is 2.65 bits per heavy atom. The van der Waals surface area contributed by atoms with Gasteiger partial charge in [-0.3, -0.25) is 9.78 Å². The molecule has 5 nitrogen and oxygen atoms in total. The Morgan fingerprint density at radius 2 is 1.77 bits per heavy atom. The number of ether oxygens (including phenoxy) is 2. The summed E-state index contributed by atoms with van der Waals surface area (Å²) in [5, 5.41) is 1.09. The lowest BCUT2D eigenvalue weighted by molar-refractivity contribution is 0.0663. The summed E-state index contributed by atoms with van der Waals surface area (Å²) in [6, 6.07) is 23.2. The van der Waals surface area contributed by atoms with Crippen LogP contribution in [0.2, 0.25) is 0 Å². The average molecular weight is 410 g/mol. The molecule has 4 aromatic rings. The van der Waals surface area contributed by atoms with Crippen molar-refractivity contribution in [3.8, 4) is 11.5 Å². The second-order valence-corrected chi connectivity index (χ2v) is 7.85. The maximum Gasteiger partial charge on any atom is 0.205 e. The van der Waals surface area contributed by atoms with E-state index in [1.807, 2.05) is 73.7 Å². The van der Waals surface area contributed by atoms with Crippen LogP contribution in [0.1, 0.15) is 28.7 Å². The van der Waals surface area contributed by atoms with Crippen LogP contribution in [0.25, 0.3) is 10.9 Å². The molecular formula is C26H22N2O3. The number of fused-ring (bicyclic) bond motifs is 2. The van der Waals surface area contributed by atoms with Gasteiger partial charge < -0.3 is 9.47 Å². The van der Waals surface area contributed by atoms with E-state index in [1.54, 1.807) is 12.3 Å². The number of hydrogen-bond acceptors (Lipinski definition) is 5. The first kappa shape index (κ1) is 19.2. The van der Waals surface area contributed by atoms with Gasteiger partial charge >= 0.3 is 0 Å². The maximum absolute atomic E-state index is 13.2. The molecule has 31 heavy (non-hydrogen) atoms. The zero-order valence-electron chi connectivity index (χ0n) is 17.2. The molecule has 1 aliphatic rings. The number of para-hydroxylation sites is 2. The summed E-state index contributed by atoms with van der Waals surface area (Å²) < 4.78 is 11.9. The third-order valence-electron chi connectivity index (χ3n) is 5.55. The van der Waals surface area contributed by atoms with Crippen molar-refractivity contribution in [1.29, 1.82) is 0 Å². The van der Waals surface area contributed by atoms with E-state index < -0.39 is 6.10 Å². The summed E-state index contributed by atoms with van der Waals surface area (Å²) in [6.07, 6.45) is 1.83. The molecule has 0 bridgehead atoms. The number of carbonyl (C=O) groups excluding carboxylic acids is 1. The quantitative estimate of drug-likeness (QED) is 0.462. The van der Waals surface area contributed by atoms with Gasteiger partial charge in [0.05, 0.1) is 23.1 Å². The maximum atomic E-state index is 13.2. The fourth-order valence-corrected chi connectivity index (χ4v) is 3.91. The van der Waals surface area contributed by atoms with Crippen molar-refractivity contribution in [2.75, 3.05) is 0 Å². The highest BCUT2D eigenvalue weighted by Gasteiger charge is 2.36. The lowest BCUT2D eigenvalue weighted by Crippen LogP contribution is -2.39. The minimum atomic E-state index is -0.533. The molecule has 0 spiro atoms. The molecule has 0 fully saturated rings. The highest BCUT2D eigenvalue weighted by Crippen LogP contribution is 2.30. The van der Waals surface area contributed by atoms with Gasteiger partial charge in [-0.15, -0.1) is 0 Å². The predicted molar refractivity (Wildman–Crippen MR) is 118 cm³/mol. The van der Waals surface area contributed by atoms with Crippen molar-refractivity contribution >= 4 is 16.7 Å². The Labute approximate surface area is 180 Å². The summed E-state index contributed by atoms with van der Waals surface area (Å²) in [4.78, 5) is 22.3. The summed E-state index contributed by atoms with van der Waals surface area (Å²) in [6.45, 7) is 2.33. The van der Waals surface area contributed by atoms with Crippen LogP contribution in [0.5, 0.6) is 11.5 Å². The Kier molecular flexibility index (Phi) is 5.08. The summed E-state index contributed by atoms with van der Waals surface area (Å²) >= 11 is 0. The molecule has 2 aromatic heterocycles. The first-order valence-electron chi connectivity index (χ1n) is 10.4. The molecule has 154 valence electrons. The van der Waals surface area contributed by atoms with Crippen molar-refractivity contribution < 1.29 is 14.3 Å². The van der Waals surface area contributed by atoms with E-state index >= 15 is 0 Å². The van der Waals surface area contributed by atoms with Gasteiger partial charge in [0, 0.05) is 16.9 Å². The number of rotatable bonds is 5. The Bertz CT molecular complexity index is 1240. The van der Waals surface area contributed by atoms with Crippen LogP contribution in [0.15, 0.2) is 79.0 Å². The SMILES string of the molecule is CC1Cc2ncc(OCc3ccc4ccccc4n3)cc2C(=O)C1Oc1ccccc1. The number of ketones is 1. The fourth-order valence-electron chi connectivity index (χ4n) is 3.91. The van der Waals surface area contributed by atoms with Crippen LogP contribution in [-0.4, -0.2) is 21.9 Å². The molecule has 2 aromatic carbocycles. The molecule has 2 heterocycles. The molecule has 0 aliphatic heterocycles. The number of benzene rings is 2. The predicted octanol–water partition coefficient (Wildman–Crippen LogP) is 5.03. The lowest BCUT2D eigenvalue weighted by Gasteiger charge is -2.29. The van der Waals surface area contributed by atoms with Crippen LogP contribution in [0, 0.1) is 5.92 Å². The molecule has 5 heteroatoms. The van der Waals surface area contributed by atoms with E-state index in [4.69, 9.17) is 9.47 Å². The first-order chi connectivity index (χ1) is 15.2. The van der Waals surface area contributed by atoms with Gasteiger partial charge in [0.2, 0.25) is 5.78 Å². The minimum absolute atomic E-state index is 0.0428. The summed E-state index contributed by atoms with van der Waals surface area (Å²) in [5.41, 5.74) is 3.11. The number of Topliss-reactive ketones (excluding diaryl/α,β-unsaturated/α-hetero) is 1. The second-order valence-electron chi connectivity index (χ2n) is 7.85. The first-order valence-corrected chi connectivity index (χ1v) is 10.4. The second kappa shape index (κ2) is 8.19. The van der Waals surface area contributed by atoms with Gasteiger partial charge in [-0.1, -0.05) is 49.4 Å². The third-order valence-corrected chi connectivity index (χ3v) is 5.55. The molecule has 5 rings (SSSR count). The Balaban J connectivity index is 1.34. The van der Waals surface area contributed by atoms with E-state index in [9.17, 15) is 4.79 Å². The number of carbonyl (C=O) groups is 1. The molecule has 0 saturated carbocycles. The Hall–Kier alpha value is -3.73. The van der Waals surface area contributed by atoms with Gasteiger partial charge in [-0.05, 0) is 36.8 Å². The van der Waals surface area contributed by atoms with E-state index in [0.717, 1.165) is 22.3 Å². The highest BCUT2D eigenvalue weighted by atomic mass is 16.5. The van der Waals surface area contributed by atoms with E-state index in [1.165, 1.54) is 0 Å². The molecule has 0 radical (unpaired) electrons. The average Bonchev–Trinajstić information content (AvgIpc) is 2.81. The van der Waals surface area contributed by atoms with Crippen LogP contribution in [0.4, 0.5) is 0 Å². The van der Waals surface area contributed by atoms with Crippen molar-refractivity contribution in [2.24, 2.45) is 5.92 Å². The summed E-state index contributed by atoms with van der Waals surface area (Å²) in [7, 11) is 0. The molecule has 0 saturated heterocycles. The van der Waals surface area contributed by atoms with E-state index in [-0.39, 0.29) is 11.7 Å². The van der Waals surface area contributed by atoms with Crippen LogP contribution in [-0.2, 0) is 13.0 Å². The zero-order chi connectivity index (χ0) is 21.2. The van der Waals surface area contributed by atoms with Crippen molar-refractivity contribution in [2.45, 2.75) is 26.1 Å². The smallest absolute Gasteiger partial charge is 0.205 e. The van der Waals surface area contributed by atoms with Crippen LogP contribution in [0.3, 0.4) is 0 Å². The van der Waals surface area contributed by atoms with Gasteiger partial charge in [0.25, 0.3) is 0 Å². The Morgan fingerprint density at radius 1 is 0.968 bits per heavy atom. The van der Waals surface area contributed by atoms with Gasteiger partial charge in [0.15, 0.2) is 6.10 Å².